The second kappa shape index (κ2) is 8.84. The summed E-state index contributed by atoms with van der Waals surface area (Å²) in [4.78, 5) is 27.1. The topological polar surface area (TPSA) is 64.6 Å². The Labute approximate surface area is 200 Å². The maximum atomic E-state index is 13.0. The molecule has 0 aromatic carbocycles. The van der Waals surface area contributed by atoms with Crippen LogP contribution >= 0.6 is 0 Å². The van der Waals surface area contributed by atoms with E-state index in [0.717, 1.165) is 44.9 Å². The van der Waals surface area contributed by atoms with E-state index in [1.165, 1.54) is 6.42 Å². The molecule has 0 bridgehead atoms. The molecule has 2 amide bonds. The van der Waals surface area contributed by atoms with Gasteiger partial charge in [0.2, 0.25) is 5.95 Å². The number of carbonyl (C=O) groups is 1. The molecule has 3 fully saturated rings. The Morgan fingerprint density at radius 3 is 2.15 bits per heavy atom. The van der Waals surface area contributed by atoms with Gasteiger partial charge in [-0.05, 0) is 50.5 Å². The van der Waals surface area contributed by atoms with Crippen LogP contribution in [-0.2, 0) is 6.18 Å². The van der Waals surface area contributed by atoms with Crippen LogP contribution in [0.25, 0.3) is 0 Å². The molecule has 3 aliphatic rings. The van der Waals surface area contributed by atoms with Crippen LogP contribution in [0.4, 0.5) is 23.9 Å². The van der Waals surface area contributed by atoms with Crippen molar-refractivity contribution in [3.05, 3.63) is 18.0 Å². The molecule has 1 aromatic rings. The lowest BCUT2D eigenvalue weighted by atomic mass is 9.60. The first-order valence-electron chi connectivity index (χ1n) is 12.2. The molecular formula is C24H37F3N6O. The molecular weight excluding hydrogens is 445 g/mol. The van der Waals surface area contributed by atoms with Gasteiger partial charge >= 0.3 is 12.2 Å². The summed E-state index contributed by atoms with van der Waals surface area (Å²) in [6.07, 6.45) is 0.435. The third-order valence-corrected chi connectivity index (χ3v) is 7.38. The SMILES string of the molecule is C[C@@H]1CN(c2ncc(C(F)(F)F)cn2)C[C@@H](C)N1C(=O)NC1CC2(C1)CN(CCC(C)(C)C)C2. The lowest BCUT2D eigenvalue weighted by molar-refractivity contribution is -0.138. The summed E-state index contributed by atoms with van der Waals surface area (Å²) in [6, 6.07) is -0.0646. The van der Waals surface area contributed by atoms with Gasteiger partial charge in [-0.25, -0.2) is 14.8 Å². The van der Waals surface area contributed by atoms with Gasteiger partial charge in [0.1, 0.15) is 0 Å². The summed E-state index contributed by atoms with van der Waals surface area (Å²) >= 11 is 0. The number of nitrogens with zero attached hydrogens (tertiary/aromatic N) is 5. The fourth-order valence-electron chi connectivity index (χ4n) is 5.67. The second-order valence-corrected chi connectivity index (χ2v) is 11.9. The molecule has 1 aliphatic carbocycles. The fourth-order valence-corrected chi connectivity index (χ4v) is 5.67. The van der Waals surface area contributed by atoms with Crippen molar-refractivity contribution < 1.29 is 18.0 Å². The van der Waals surface area contributed by atoms with Gasteiger partial charge in [-0.1, -0.05) is 20.8 Å². The van der Waals surface area contributed by atoms with Crippen molar-refractivity contribution in [2.24, 2.45) is 10.8 Å². The first kappa shape index (κ1) is 25.0. The lowest BCUT2D eigenvalue weighted by Crippen LogP contribution is -2.68. The first-order chi connectivity index (χ1) is 15.7. The molecule has 1 saturated carbocycles. The van der Waals surface area contributed by atoms with Crippen molar-refractivity contribution in [1.82, 2.24) is 25.1 Å². The van der Waals surface area contributed by atoms with Gasteiger partial charge < -0.3 is 20.0 Å². The van der Waals surface area contributed by atoms with E-state index in [2.05, 4.69) is 41.0 Å². The Morgan fingerprint density at radius 2 is 1.65 bits per heavy atom. The average molecular weight is 483 g/mol. The highest BCUT2D eigenvalue weighted by atomic mass is 19.4. The smallest absolute Gasteiger partial charge is 0.337 e. The molecule has 0 radical (unpaired) electrons. The van der Waals surface area contributed by atoms with E-state index in [9.17, 15) is 18.0 Å². The third-order valence-electron chi connectivity index (χ3n) is 7.38. The zero-order valence-corrected chi connectivity index (χ0v) is 20.8. The van der Waals surface area contributed by atoms with E-state index >= 15 is 0 Å². The first-order valence-corrected chi connectivity index (χ1v) is 12.2. The van der Waals surface area contributed by atoms with Crippen molar-refractivity contribution in [3.8, 4) is 0 Å². The van der Waals surface area contributed by atoms with Crippen LogP contribution in [0, 0.1) is 10.8 Å². The lowest BCUT2D eigenvalue weighted by Gasteiger charge is -2.60. The summed E-state index contributed by atoms with van der Waals surface area (Å²) in [5.41, 5.74) is -0.127. The van der Waals surface area contributed by atoms with Crippen molar-refractivity contribution in [2.75, 3.05) is 37.6 Å². The van der Waals surface area contributed by atoms with Gasteiger partial charge in [-0.3, -0.25) is 0 Å². The minimum Gasteiger partial charge on any atom is -0.337 e. The van der Waals surface area contributed by atoms with Crippen LogP contribution in [-0.4, -0.2) is 76.6 Å². The third kappa shape index (κ3) is 5.42. The maximum absolute atomic E-state index is 13.0. The summed E-state index contributed by atoms with van der Waals surface area (Å²) in [6.45, 7) is 15.1. The minimum atomic E-state index is -4.46. The molecule has 34 heavy (non-hydrogen) atoms. The number of nitrogens with one attached hydrogen (secondary N) is 1. The van der Waals surface area contributed by atoms with Crippen LogP contribution in [0.3, 0.4) is 0 Å². The van der Waals surface area contributed by atoms with E-state index in [0.29, 0.717) is 23.9 Å². The van der Waals surface area contributed by atoms with Crippen molar-refractivity contribution >= 4 is 12.0 Å². The Kier molecular flexibility index (Phi) is 6.50. The molecule has 3 heterocycles. The maximum Gasteiger partial charge on any atom is 0.419 e. The average Bonchev–Trinajstić information content (AvgIpc) is 2.66. The van der Waals surface area contributed by atoms with Crippen LogP contribution in [0.5, 0.6) is 0 Å². The Hall–Kier alpha value is -2.10. The van der Waals surface area contributed by atoms with Gasteiger partial charge in [-0.15, -0.1) is 0 Å². The number of hydrogen-bond acceptors (Lipinski definition) is 5. The Bertz CT molecular complexity index is 858. The van der Waals surface area contributed by atoms with Crippen LogP contribution in [0.15, 0.2) is 12.4 Å². The van der Waals surface area contributed by atoms with E-state index in [-0.39, 0.29) is 30.1 Å². The highest BCUT2D eigenvalue weighted by molar-refractivity contribution is 5.76. The quantitative estimate of drug-likeness (QED) is 0.703. The molecule has 1 spiro atoms. The van der Waals surface area contributed by atoms with E-state index in [1.807, 2.05) is 23.6 Å². The molecule has 4 rings (SSSR count). The predicted octanol–water partition coefficient (Wildman–Crippen LogP) is 4.00. The number of urea groups is 1. The highest BCUT2D eigenvalue weighted by Gasteiger charge is 2.52. The monoisotopic (exact) mass is 482 g/mol. The molecule has 1 aromatic heterocycles. The molecule has 10 heteroatoms. The minimum absolute atomic E-state index is 0.0586. The zero-order valence-electron chi connectivity index (χ0n) is 20.8. The number of piperazine rings is 1. The Balaban J connectivity index is 1.24. The standard InChI is InChI=1S/C24H37F3N6O/c1-16-12-32(20-28-10-18(11-29-20)24(25,26)27)13-17(2)33(16)21(34)30-19-8-23(9-19)14-31(15-23)7-6-22(3,4)5/h10-11,16-17,19H,6-9,12-15H2,1-5H3,(H,30,34)/t16-,17-/m1/s1. The van der Waals surface area contributed by atoms with E-state index < -0.39 is 11.7 Å². The number of aromatic nitrogens is 2. The number of alkyl halides is 3. The summed E-state index contributed by atoms with van der Waals surface area (Å²) in [5.74, 6) is 0.258. The van der Waals surface area contributed by atoms with Gasteiger partial charge in [0.05, 0.1) is 5.56 Å². The molecule has 1 N–H and O–H groups in total. The summed E-state index contributed by atoms with van der Waals surface area (Å²) in [7, 11) is 0. The number of anilines is 1. The van der Waals surface area contributed by atoms with Gasteiger partial charge in [0, 0.05) is 56.7 Å². The molecule has 190 valence electrons. The van der Waals surface area contributed by atoms with E-state index in [4.69, 9.17) is 0 Å². The summed E-state index contributed by atoms with van der Waals surface area (Å²) < 4.78 is 38.4. The fraction of sp³-hybridized carbons (Fsp3) is 0.792. The number of halogens is 3. The number of hydrogen-bond donors (Lipinski definition) is 1. The molecule has 2 atom stereocenters. The molecule has 2 saturated heterocycles. The van der Waals surface area contributed by atoms with Crippen LogP contribution < -0.4 is 10.2 Å². The molecule has 2 aliphatic heterocycles. The predicted molar refractivity (Wildman–Crippen MR) is 125 cm³/mol. The number of amides is 2. The number of likely N-dealkylation sites (tertiary alicyclic amines) is 1. The highest BCUT2D eigenvalue weighted by Crippen LogP contribution is 2.48. The summed E-state index contributed by atoms with van der Waals surface area (Å²) in [5, 5.41) is 3.21. The van der Waals surface area contributed by atoms with Crippen molar-refractivity contribution in [1.29, 1.82) is 0 Å². The van der Waals surface area contributed by atoms with Gasteiger partial charge in [0.15, 0.2) is 0 Å². The van der Waals surface area contributed by atoms with Crippen molar-refractivity contribution in [2.45, 2.75) is 78.2 Å². The number of rotatable bonds is 4. The largest absolute Gasteiger partial charge is 0.419 e. The normalized spacial score (nSPS) is 25.8. The van der Waals surface area contributed by atoms with Crippen molar-refractivity contribution in [3.63, 3.8) is 0 Å². The van der Waals surface area contributed by atoms with Crippen LogP contribution in [0.2, 0.25) is 0 Å². The second-order valence-electron chi connectivity index (χ2n) is 11.9. The molecule has 0 unspecified atom stereocenters. The Morgan fingerprint density at radius 1 is 1.09 bits per heavy atom. The molecule has 7 nitrogen and oxygen atoms in total. The van der Waals surface area contributed by atoms with Gasteiger partial charge in [-0.2, -0.15) is 13.2 Å². The van der Waals surface area contributed by atoms with Crippen LogP contribution in [0.1, 0.15) is 59.4 Å². The number of carbonyl (C=O) groups excluding carboxylic acids is 1. The van der Waals surface area contributed by atoms with Gasteiger partial charge in [0.25, 0.3) is 0 Å². The zero-order chi connectivity index (χ0) is 24.9. The van der Waals surface area contributed by atoms with E-state index in [1.54, 1.807) is 0 Å².